The molecule has 0 aromatic heterocycles. The zero-order valence-electron chi connectivity index (χ0n) is 20.1. The van der Waals surface area contributed by atoms with Crippen molar-refractivity contribution in [2.75, 3.05) is 6.61 Å². The van der Waals surface area contributed by atoms with Gasteiger partial charge in [0, 0.05) is 5.56 Å². The lowest BCUT2D eigenvalue weighted by atomic mass is 9.78. The third-order valence-electron chi connectivity index (χ3n) is 6.58. The van der Waals surface area contributed by atoms with Gasteiger partial charge in [-0.2, -0.15) is 0 Å². The van der Waals surface area contributed by atoms with Crippen LogP contribution < -0.4 is 4.74 Å². The second-order valence-corrected chi connectivity index (χ2v) is 9.17. The Morgan fingerprint density at radius 2 is 1.56 bits per heavy atom. The zero-order chi connectivity index (χ0) is 22.4. The number of allylic oxidation sites excluding steroid dienone is 2. The highest BCUT2D eigenvalue weighted by Gasteiger charge is 2.20. The maximum atomic E-state index is 5.80. The van der Waals surface area contributed by atoms with Crippen molar-refractivity contribution in [2.45, 2.75) is 84.0 Å². The minimum absolute atomic E-state index is 0.665. The summed E-state index contributed by atoms with van der Waals surface area (Å²) in [5, 5.41) is 0. The van der Waals surface area contributed by atoms with Crippen LogP contribution in [0.1, 0.15) is 94.2 Å². The number of hydrogen-bond acceptors (Lipinski definition) is 1. The van der Waals surface area contributed by atoms with Gasteiger partial charge >= 0.3 is 0 Å². The van der Waals surface area contributed by atoms with E-state index in [0.717, 1.165) is 24.3 Å². The van der Waals surface area contributed by atoms with Gasteiger partial charge in [0.1, 0.15) is 5.75 Å². The fourth-order valence-corrected chi connectivity index (χ4v) is 4.46. The SMILES string of the molecule is CCCCCc1ccc(C#CC=C[C@H]2CC[C@H](c3ccc(OCCCC)cc3)CC2)cc1. The van der Waals surface area contributed by atoms with E-state index >= 15 is 0 Å². The minimum atomic E-state index is 0.665. The highest BCUT2D eigenvalue weighted by molar-refractivity contribution is 5.38. The molecule has 170 valence electrons. The number of benzene rings is 2. The average Bonchev–Trinajstić information content (AvgIpc) is 2.84. The van der Waals surface area contributed by atoms with Crippen molar-refractivity contribution >= 4 is 0 Å². The predicted molar refractivity (Wildman–Crippen MR) is 137 cm³/mol. The van der Waals surface area contributed by atoms with Gasteiger partial charge < -0.3 is 4.74 Å². The number of hydrogen-bond donors (Lipinski definition) is 0. The Kier molecular flexibility index (Phi) is 10.5. The summed E-state index contributed by atoms with van der Waals surface area (Å²) in [5.74, 6) is 8.89. The van der Waals surface area contributed by atoms with Gasteiger partial charge in [0.2, 0.25) is 0 Å². The Balaban J connectivity index is 1.40. The molecule has 1 aliphatic carbocycles. The van der Waals surface area contributed by atoms with E-state index in [1.807, 2.05) is 0 Å². The molecule has 1 heteroatoms. The average molecular weight is 429 g/mol. The Bertz CT molecular complexity index is 855. The number of ether oxygens (including phenoxy) is 1. The molecule has 0 aliphatic heterocycles. The molecular formula is C31H40O. The van der Waals surface area contributed by atoms with Gasteiger partial charge in [0.05, 0.1) is 6.61 Å². The summed E-state index contributed by atoms with van der Waals surface area (Å²) in [6, 6.07) is 17.6. The first-order valence-electron chi connectivity index (χ1n) is 12.8. The van der Waals surface area contributed by atoms with Crippen molar-refractivity contribution in [3.63, 3.8) is 0 Å². The first kappa shape index (κ1) is 24.2. The first-order chi connectivity index (χ1) is 15.8. The highest BCUT2D eigenvalue weighted by Crippen LogP contribution is 2.36. The van der Waals surface area contributed by atoms with Crippen molar-refractivity contribution in [2.24, 2.45) is 5.92 Å². The van der Waals surface area contributed by atoms with E-state index in [1.165, 1.54) is 68.9 Å². The van der Waals surface area contributed by atoms with Crippen LogP contribution in [0.3, 0.4) is 0 Å². The van der Waals surface area contributed by atoms with E-state index in [2.05, 4.69) is 86.4 Å². The van der Waals surface area contributed by atoms with Crippen LogP contribution >= 0.6 is 0 Å². The fourth-order valence-electron chi connectivity index (χ4n) is 4.46. The van der Waals surface area contributed by atoms with Crippen LogP contribution in [0, 0.1) is 17.8 Å². The maximum Gasteiger partial charge on any atom is 0.119 e. The lowest BCUT2D eigenvalue weighted by molar-refractivity contribution is 0.309. The van der Waals surface area contributed by atoms with Gasteiger partial charge in [0.25, 0.3) is 0 Å². The number of rotatable bonds is 10. The molecule has 0 heterocycles. The van der Waals surface area contributed by atoms with E-state index in [0.29, 0.717) is 11.8 Å². The summed E-state index contributed by atoms with van der Waals surface area (Å²) >= 11 is 0. The molecule has 2 aromatic rings. The zero-order valence-corrected chi connectivity index (χ0v) is 20.1. The van der Waals surface area contributed by atoms with E-state index in [9.17, 15) is 0 Å². The lowest BCUT2D eigenvalue weighted by Crippen LogP contribution is -2.11. The van der Waals surface area contributed by atoms with Crippen LogP contribution in [0.15, 0.2) is 60.7 Å². The van der Waals surface area contributed by atoms with E-state index in [-0.39, 0.29) is 0 Å². The molecule has 0 spiro atoms. The first-order valence-corrected chi connectivity index (χ1v) is 12.8. The molecule has 0 radical (unpaired) electrons. The summed E-state index contributed by atoms with van der Waals surface area (Å²) in [5.41, 5.74) is 4.00. The Hall–Kier alpha value is -2.46. The van der Waals surface area contributed by atoms with E-state index in [4.69, 9.17) is 4.74 Å². The summed E-state index contributed by atoms with van der Waals surface area (Å²) in [4.78, 5) is 0. The largest absolute Gasteiger partial charge is 0.494 e. The maximum absolute atomic E-state index is 5.80. The molecule has 0 saturated heterocycles. The smallest absolute Gasteiger partial charge is 0.119 e. The fraction of sp³-hybridized carbons (Fsp3) is 0.484. The molecule has 32 heavy (non-hydrogen) atoms. The van der Waals surface area contributed by atoms with Crippen LogP contribution in [0.2, 0.25) is 0 Å². The molecule has 1 aliphatic rings. The molecule has 1 nitrogen and oxygen atoms in total. The third kappa shape index (κ3) is 8.23. The van der Waals surface area contributed by atoms with Gasteiger partial charge in [0.15, 0.2) is 0 Å². The van der Waals surface area contributed by atoms with Crippen LogP contribution in [-0.4, -0.2) is 6.61 Å². The predicted octanol–water partition coefficient (Wildman–Crippen LogP) is 8.48. The molecule has 0 amide bonds. The second kappa shape index (κ2) is 13.8. The third-order valence-corrected chi connectivity index (χ3v) is 6.58. The van der Waals surface area contributed by atoms with Gasteiger partial charge in [-0.15, -0.1) is 0 Å². The van der Waals surface area contributed by atoms with Crippen LogP contribution in [0.25, 0.3) is 0 Å². The van der Waals surface area contributed by atoms with Crippen LogP contribution in [0.4, 0.5) is 0 Å². The van der Waals surface area contributed by atoms with Crippen molar-refractivity contribution in [3.05, 3.63) is 77.4 Å². The normalized spacial score (nSPS) is 18.3. The summed E-state index contributed by atoms with van der Waals surface area (Å²) in [6.07, 6.45) is 16.8. The van der Waals surface area contributed by atoms with Gasteiger partial charge in [-0.25, -0.2) is 0 Å². The molecule has 0 N–H and O–H groups in total. The molecule has 1 fully saturated rings. The number of aryl methyl sites for hydroxylation is 1. The molecule has 2 aromatic carbocycles. The molecule has 1 saturated carbocycles. The Morgan fingerprint density at radius 3 is 2.25 bits per heavy atom. The van der Waals surface area contributed by atoms with Crippen LogP contribution in [-0.2, 0) is 6.42 Å². The van der Waals surface area contributed by atoms with Gasteiger partial charge in [-0.05, 0) is 98.2 Å². The van der Waals surface area contributed by atoms with Crippen molar-refractivity contribution in [3.8, 4) is 17.6 Å². The Labute approximate surface area is 196 Å². The molecule has 0 unspecified atom stereocenters. The molecule has 0 atom stereocenters. The molecule has 3 rings (SSSR count). The second-order valence-electron chi connectivity index (χ2n) is 9.17. The van der Waals surface area contributed by atoms with Crippen molar-refractivity contribution in [1.82, 2.24) is 0 Å². The summed E-state index contributed by atoms with van der Waals surface area (Å²) < 4.78 is 5.80. The van der Waals surface area contributed by atoms with Gasteiger partial charge in [-0.1, -0.05) is 75.3 Å². The van der Waals surface area contributed by atoms with E-state index < -0.39 is 0 Å². The van der Waals surface area contributed by atoms with E-state index in [1.54, 1.807) is 0 Å². The minimum Gasteiger partial charge on any atom is -0.494 e. The van der Waals surface area contributed by atoms with Crippen molar-refractivity contribution in [1.29, 1.82) is 0 Å². The lowest BCUT2D eigenvalue weighted by Gasteiger charge is -2.27. The number of unbranched alkanes of at least 4 members (excludes halogenated alkanes) is 3. The Morgan fingerprint density at radius 1 is 0.844 bits per heavy atom. The standard InChI is InChI=1S/C31H40O/c1-3-5-7-10-26-13-15-27(16-14-26)11-8-9-12-28-17-19-29(20-18-28)30-21-23-31(24-22-30)32-25-6-4-2/h9,12-16,21-24,28-29H,3-7,10,17-20,25H2,1-2H3/t28-,29-. The van der Waals surface area contributed by atoms with Crippen molar-refractivity contribution < 1.29 is 4.74 Å². The highest BCUT2D eigenvalue weighted by atomic mass is 16.5. The summed E-state index contributed by atoms with van der Waals surface area (Å²) in [6.45, 7) is 5.26. The topological polar surface area (TPSA) is 9.23 Å². The monoisotopic (exact) mass is 428 g/mol. The summed E-state index contributed by atoms with van der Waals surface area (Å²) in [7, 11) is 0. The quantitative estimate of drug-likeness (QED) is 0.272. The van der Waals surface area contributed by atoms with Crippen LogP contribution in [0.5, 0.6) is 5.75 Å². The molecular weight excluding hydrogens is 388 g/mol. The molecule has 0 bridgehead atoms. The van der Waals surface area contributed by atoms with Gasteiger partial charge in [-0.3, -0.25) is 0 Å².